The van der Waals surface area contributed by atoms with Gasteiger partial charge in [0.25, 0.3) is 0 Å². The van der Waals surface area contributed by atoms with Gasteiger partial charge in [0, 0.05) is 30.8 Å². The smallest absolute Gasteiger partial charge is 0.326 e. The number of nitrogens with one attached hydrogen (secondary N) is 7. The molecule has 0 aliphatic heterocycles. The molecule has 2 aromatic carbocycles. The van der Waals surface area contributed by atoms with Gasteiger partial charge in [-0.15, -0.1) is 0 Å². The predicted octanol–water partition coefficient (Wildman–Crippen LogP) is -2.24. The van der Waals surface area contributed by atoms with Crippen LogP contribution in [0.15, 0.2) is 48.5 Å². The number of nitrogens with two attached hydrogens (primary N) is 2. The summed E-state index contributed by atoms with van der Waals surface area (Å²) in [6.07, 6.45) is -0.501. The molecule has 14 N–H and O–H groups in total. The fourth-order valence-corrected chi connectivity index (χ4v) is 6.39. The lowest BCUT2D eigenvalue weighted by Gasteiger charge is -2.29. The Hall–Kier alpha value is -6.07. The molecule has 8 amide bonds. The molecule has 0 heterocycles. The van der Waals surface area contributed by atoms with Crippen molar-refractivity contribution >= 4 is 78.5 Å². The minimum Gasteiger partial charge on any atom is -0.508 e. The van der Waals surface area contributed by atoms with Crippen molar-refractivity contribution in [1.29, 1.82) is 0 Å². The van der Waals surface area contributed by atoms with E-state index < -0.39 is 114 Å². The van der Waals surface area contributed by atoms with Crippen molar-refractivity contribution < 1.29 is 58.5 Å². The van der Waals surface area contributed by atoms with Crippen LogP contribution in [0.5, 0.6) is 11.5 Å². The Labute approximate surface area is 381 Å². The SMILES string of the molecule is CC(C)[C@@H](NC(=O)[C@H](CS)NC(=O)CNC(=O)[C@H](Cc1ccc(O)cc1)NC(=O)[C@H](CS)NC(=O)[C@@H](N)CCC(N)=O)C(=O)N[C@@H](C(=O)N[C@@H](Cc1ccc(O)cc1)C(=O)O)C(C)C. The third kappa shape index (κ3) is 18.3. The number of phenols is 2. The molecule has 0 radical (unpaired) electrons. The van der Waals surface area contributed by atoms with Gasteiger partial charge in [-0.05, 0) is 53.6 Å². The highest BCUT2D eigenvalue weighted by Gasteiger charge is 2.34. The minimum atomic E-state index is -1.37. The first-order valence-electron chi connectivity index (χ1n) is 20.2. The third-order valence-corrected chi connectivity index (χ3v) is 10.3. The summed E-state index contributed by atoms with van der Waals surface area (Å²) in [6.45, 7) is 5.82. The standard InChI is InChI=1S/C41H59N9O12S2/c1-20(2)33(39(59)47-28(41(61)62)16-23-7-11-25(52)12-8-23)50-40(60)34(21(3)4)49-38(58)29(18-63)45-32(54)17-44-36(56)27(15-22-5-9-24(51)10-6-22)46-37(57)30(19-64)48-35(55)26(42)13-14-31(43)53/h5-12,20-21,26-30,33-34,51-52,63-64H,13-19,42H2,1-4H3,(H2,43,53)(H,44,56)(H,45,54)(H,46,57)(H,47,59)(H,48,55)(H,49,58)(H,50,60)(H,61,62)/t26-,27-,28-,29-,30-,33+,34+/m0/s1. The monoisotopic (exact) mass is 933 g/mol. The molecule has 0 unspecified atom stereocenters. The molecule has 2 aromatic rings. The molecular formula is C41H59N9O12S2. The summed E-state index contributed by atoms with van der Waals surface area (Å²) in [5, 5.41) is 46.4. The quantitative estimate of drug-likeness (QED) is 0.0445. The van der Waals surface area contributed by atoms with Crippen LogP contribution in [0.1, 0.15) is 51.7 Å². The lowest BCUT2D eigenvalue weighted by molar-refractivity contribution is -0.142. The van der Waals surface area contributed by atoms with Gasteiger partial charge in [-0.25, -0.2) is 4.79 Å². The van der Waals surface area contributed by atoms with E-state index in [1.54, 1.807) is 27.7 Å². The third-order valence-electron chi connectivity index (χ3n) is 9.61. The summed E-state index contributed by atoms with van der Waals surface area (Å²) in [5.74, 6) is -9.33. The Bertz CT molecular complexity index is 1950. The number of thiol groups is 2. The molecule has 64 heavy (non-hydrogen) atoms. The van der Waals surface area contributed by atoms with E-state index in [1.807, 2.05) is 0 Å². The largest absolute Gasteiger partial charge is 0.508 e. The number of benzene rings is 2. The molecule has 0 bridgehead atoms. The number of phenolic OH excluding ortho intramolecular Hbond substituents is 2. The predicted molar refractivity (Wildman–Crippen MR) is 240 cm³/mol. The Morgan fingerprint density at radius 1 is 0.562 bits per heavy atom. The van der Waals surface area contributed by atoms with Crippen LogP contribution in [0.3, 0.4) is 0 Å². The number of hydrogen-bond acceptors (Lipinski definition) is 14. The number of amides is 8. The summed E-state index contributed by atoms with van der Waals surface area (Å²) in [7, 11) is 0. The maximum atomic E-state index is 13.6. The van der Waals surface area contributed by atoms with Gasteiger partial charge >= 0.3 is 5.97 Å². The number of carboxylic acid groups (broad SMARTS) is 1. The van der Waals surface area contributed by atoms with Gasteiger partial charge in [0.2, 0.25) is 47.3 Å². The van der Waals surface area contributed by atoms with Crippen LogP contribution in [0, 0.1) is 11.8 Å². The van der Waals surface area contributed by atoms with Crippen LogP contribution in [-0.2, 0) is 56.0 Å². The number of carboxylic acids is 1. The number of carbonyl (C=O) groups is 9. The molecule has 0 saturated heterocycles. The Kier molecular flexibility index (Phi) is 22.4. The number of aromatic hydroxyl groups is 2. The van der Waals surface area contributed by atoms with Gasteiger partial charge in [-0.2, -0.15) is 25.3 Å². The van der Waals surface area contributed by atoms with E-state index >= 15 is 0 Å². The fraction of sp³-hybridized carbons (Fsp3) is 0.488. The van der Waals surface area contributed by atoms with E-state index in [9.17, 15) is 58.5 Å². The first-order valence-corrected chi connectivity index (χ1v) is 21.5. The zero-order valence-electron chi connectivity index (χ0n) is 35.8. The zero-order valence-corrected chi connectivity index (χ0v) is 37.6. The van der Waals surface area contributed by atoms with Gasteiger partial charge in [0.05, 0.1) is 12.6 Å². The molecule has 0 spiro atoms. The summed E-state index contributed by atoms with van der Waals surface area (Å²) < 4.78 is 0. The highest BCUT2D eigenvalue weighted by Crippen LogP contribution is 2.14. The molecule has 7 atom stereocenters. The molecule has 0 aliphatic rings. The number of primary amides is 1. The van der Waals surface area contributed by atoms with Crippen molar-refractivity contribution in [3.63, 3.8) is 0 Å². The lowest BCUT2D eigenvalue weighted by Crippen LogP contribution is -2.60. The van der Waals surface area contributed by atoms with Gasteiger partial charge in [0.15, 0.2) is 0 Å². The molecule has 23 heteroatoms. The average molecular weight is 934 g/mol. The average Bonchev–Trinajstić information content (AvgIpc) is 3.24. The van der Waals surface area contributed by atoms with E-state index in [2.05, 4.69) is 62.5 Å². The highest BCUT2D eigenvalue weighted by atomic mass is 32.1. The molecule has 352 valence electrons. The van der Waals surface area contributed by atoms with Crippen LogP contribution in [0.25, 0.3) is 0 Å². The van der Waals surface area contributed by atoms with E-state index in [4.69, 9.17) is 11.5 Å². The van der Waals surface area contributed by atoms with Crippen molar-refractivity contribution in [3.05, 3.63) is 59.7 Å². The summed E-state index contributed by atoms with van der Waals surface area (Å²) >= 11 is 8.30. The van der Waals surface area contributed by atoms with E-state index in [1.165, 1.54) is 48.5 Å². The zero-order chi connectivity index (χ0) is 48.3. The lowest BCUT2D eigenvalue weighted by atomic mass is 9.98. The van der Waals surface area contributed by atoms with E-state index in [-0.39, 0.29) is 48.7 Å². The first kappa shape index (κ1) is 54.1. The minimum absolute atomic E-state index is 0.0216. The summed E-state index contributed by atoms with van der Waals surface area (Å²) in [4.78, 5) is 116. The normalized spacial score (nSPS) is 14.3. The topological polar surface area (TPSA) is 351 Å². The summed E-state index contributed by atoms with van der Waals surface area (Å²) in [6, 6.07) is 2.53. The van der Waals surface area contributed by atoms with Gasteiger partial charge < -0.3 is 64.0 Å². The van der Waals surface area contributed by atoms with Crippen molar-refractivity contribution in [2.24, 2.45) is 23.3 Å². The second-order valence-electron chi connectivity index (χ2n) is 15.5. The van der Waals surface area contributed by atoms with Gasteiger partial charge in [-0.1, -0.05) is 52.0 Å². The Morgan fingerprint density at radius 3 is 1.42 bits per heavy atom. The molecule has 0 fully saturated rings. The van der Waals surface area contributed by atoms with Crippen LogP contribution < -0.4 is 48.7 Å². The molecular weight excluding hydrogens is 875 g/mol. The second-order valence-corrected chi connectivity index (χ2v) is 16.3. The van der Waals surface area contributed by atoms with Crippen molar-refractivity contribution in [3.8, 4) is 11.5 Å². The van der Waals surface area contributed by atoms with Crippen LogP contribution in [0.4, 0.5) is 0 Å². The summed E-state index contributed by atoms with van der Waals surface area (Å²) in [5.41, 5.74) is 11.9. The Morgan fingerprint density at radius 2 is 0.969 bits per heavy atom. The number of rotatable bonds is 26. The van der Waals surface area contributed by atoms with Crippen molar-refractivity contribution in [2.75, 3.05) is 18.1 Å². The number of carbonyl (C=O) groups excluding carboxylic acids is 8. The van der Waals surface area contributed by atoms with Crippen LogP contribution in [0.2, 0.25) is 0 Å². The highest BCUT2D eigenvalue weighted by molar-refractivity contribution is 7.80. The van der Waals surface area contributed by atoms with Crippen molar-refractivity contribution in [1.82, 2.24) is 37.2 Å². The molecule has 2 rings (SSSR count). The Balaban J connectivity index is 2.12. The first-order chi connectivity index (χ1) is 30.1. The maximum Gasteiger partial charge on any atom is 0.326 e. The second kappa shape index (κ2) is 26.5. The van der Waals surface area contributed by atoms with Crippen molar-refractivity contribution in [2.45, 2.75) is 95.7 Å². The van der Waals surface area contributed by atoms with Crippen LogP contribution >= 0.6 is 25.3 Å². The van der Waals surface area contributed by atoms with E-state index in [0.717, 1.165) is 0 Å². The van der Waals surface area contributed by atoms with Crippen LogP contribution in [-0.4, -0.2) is 129 Å². The fourth-order valence-electron chi connectivity index (χ4n) is 5.88. The number of aliphatic carboxylic acids is 1. The molecule has 0 aromatic heterocycles. The van der Waals surface area contributed by atoms with E-state index in [0.29, 0.717) is 11.1 Å². The maximum absolute atomic E-state index is 13.6. The molecule has 0 saturated carbocycles. The number of hydrogen-bond donors (Lipinski definition) is 14. The van der Waals surface area contributed by atoms with Gasteiger partial charge in [0.1, 0.15) is 47.8 Å². The molecule has 21 nitrogen and oxygen atoms in total. The van der Waals surface area contributed by atoms with Gasteiger partial charge in [-0.3, -0.25) is 38.4 Å². The molecule has 0 aliphatic carbocycles.